The highest BCUT2D eigenvalue weighted by molar-refractivity contribution is 5.91. The number of ether oxygens (including phenoxy) is 1. The third kappa shape index (κ3) is 4.18. The van der Waals surface area contributed by atoms with E-state index in [9.17, 15) is 4.79 Å². The molecule has 0 unspecified atom stereocenters. The van der Waals surface area contributed by atoms with Crippen molar-refractivity contribution in [2.45, 2.75) is 19.4 Å². The van der Waals surface area contributed by atoms with Crippen molar-refractivity contribution in [2.75, 3.05) is 19.0 Å². The molecule has 1 aromatic carbocycles. The molecule has 6 heteroatoms. The van der Waals surface area contributed by atoms with Crippen LogP contribution in [0.2, 0.25) is 0 Å². The van der Waals surface area contributed by atoms with Gasteiger partial charge in [0.1, 0.15) is 11.6 Å². The lowest BCUT2D eigenvalue weighted by molar-refractivity contribution is 0.0957. The number of nitrogens with one attached hydrogen (secondary N) is 2. The predicted octanol–water partition coefficient (Wildman–Crippen LogP) is 2.24. The first-order valence-corrected chi connectivity index (χ1v) is 7.76. The first kappa shape index (κ1) is 15.3. The fourth-order valence-electron chi connectivity index (χ4n) is 2.14. The van der Waals surface area contributed by atoms with Gasteiger partial charge in [-0.2, -0.15) is 0 Å². The molecule has 23 heavy (non-hydrogen) atoms. The summed E-state index contributed by atoms with van der Waals surface area (Å²) < 4.78 is 5.89. The van der Waals surface area contributed by atoms with Crippen LogP contribution in [-0.2, 0) is 6.54 Å². The van der Waals surface area contributed by atoms with Crippen LogP contribution in [-0.4, -0.2) is 29.8 Å². The van der Waals surface area contributed by atoms with Crippen LogP contribution < -0.4 is 15.4 Å². The van der Waals surface area contributed by atoms with Crippen molar-refractivity contribution in [2.24, 2.45) is 5.92 Å². The molecule has 0 spiro atoms. The number of hydrogen-bond acceptors (Lipinski definition) is 5. The Morgan fingerprint density at radius 3 is 2.74 bits per heavy atom. The van der Waals surface area contributed by atoms with Crippen molar-refractivity contribution in [3.05, 3.63) is 47.7 Å². The topological polar surface area (TPSA) is 76.1 Å². The molecule has 1 aliphatic carbocycles. The molecule has 1 saturated carbocycles. The monoisotopic (exact) mass is 312 g/mol. The van der Waals surface area contributed by atoms with E-state index in [0.29, 0.717) is 18.1 Å². The fourth-order valence-corrected chi connectivity index (χ4v) is 2.14. The second-order valence-electron chi connectivity index (χ2n) is 5.60. The summed E-state index contributed by atoms with van der Waals surface area (Å²) in [6.07, 6.45) is 2.54. The molecule has 1 amide bonds. The SMILES string of the molecule is CNC(=O)c1ccc(NCc2ccccc2OCC2CC2)nn1. The maximum Gasteiger partial charge on any atom is 0.271 e. The molecule has 6 nitrogen and oxygen atoms in total. The van der Waals surface area contributed by atoms with Gasteiger partial charge in [-0.05, 0) is 37.0 Å². The molecule has 0 radical (unpaired) electrons. The Balaban J connectivity index is 1.60. The zero-order valence-corrected chi connectivity index (χ0v) is 13.1. The molecule has 2 aromatic rings. The molecule has 1 fully saturated rings. The highest BCUT2D eigenvalue weighted by Crippen LogP contribution is 2.30. The maximum atomic E-state index is 11.4. The molecule has 120 valence electrons. The minimum absolute atomic E-state index is 0.247. The van der Waals surface area contributed by atoms with Crippen molar-refractivity contribution in [1.82, 2.24) is 15.5 Å². The Kier molecular flexibility index (Phi) is 4.71. The molecule has 0 bridgehead atoms. The Morgan fingerprint density at radius 1 is 1.22 bits per heavy atom. The standard InChI is InChI=1S/C17H20N4O2/c1-18-17(22)14-8-9-16(21-20-14)19-10-13-4-2-3-5-15(13)23-11-12-6-7-12/h2-5,8-9,12H,6-7,10-11H2,1H3,(H,18,22)(H,19,21). The maximum absolute atomic E-state index is 11.4. The van der Waals surface area contributed by atoms with Crippen molar-refractivity contribution < 1.29 is 9.53 Å². The number of aromatic nitrogens is 2. The van der Waals surface area contributed by atoms with Crippen molar-refractivity contribution in [3.63, 3.8) is 0 Å². The largest absolute Gasteiger partial charge is 0.493 e. The molecule has 0 saturated heterocycles. The normalized spacial score (nSPS) is 13.4. The Bertz CT molecular complexity index is 669. The van der Waals surface area contributed by atoms with E-state index >= 15 is 0 Å². The van der Waals surface area contributed by atoms with Gasteiger partial charge in [-0.25, -0.2) is 0 Å². The number of para-hydroxylation sites is 1. The molecular formula is C17H20N4O2. The van der Waals surface area contributed by atoms with Crippen LogP contribution in [0.1, 0.15) is 28.9 Å². The van der Waals surface area contributed by atoms with Crippen LogP contribution in [0, 0.1) is 5.92 Å². The lowest BCUT2D eigenvalue weighted by atomic mass is 10.2. The van der Waals surface area contributed by atoms with E-state index in [1.807, 2.05) is 24.3 Å². The third-order valence-corrected chi connectivity index (χ3v) is 3.73. The van der Waals surface area contributed by atoms with Crippen molar-refractivity contribution in [3.8, 4) is 5.75 Å². The summed E-state index contributed by atoms with van der Waals surface area (Å²) in [7, 11) is 1.56. The summed E-state index contributed by atoms with van der Waals surface area (Å²) in [4.78, 5) is 11.4. The number of amides is 1. The van der Waals surface area contributed by atoms with Gasteiger partial charge >= 0.3 is 0 Å². The summed E-state index contributed by atoms with van der Waals surface area (Å²) in [5.74, 6) is 2.00. The molecule has 3 rings (SSSR count). The lowest BCUT2D eigenvalue weighted by Gasteiger charge is -2.12. The smallest absolute Gasteiger partial charge is 0.271 e. The van der Waals surface area contributed by atoms with E-state index in [1.54, 1.807) is 19.2 Å². The number of carbonyl (C=O) groups is 1. The third-order valence-electron chi connectivity index (χ3n) is 3.73. The summed E-state index contributed by atoms with van der Waals surface area (Å²) in [6, 6.07) is 11.4. The lowest BCUT2D eigenvalue weighted by Crippen LogP contribution is -2.19. The van der Waals surface area contributed by atoms with E-state index in [4.69, 9.17) is 4.74 Å². The molecule has 1 aromatic heterocycles. The van der Waals surface area contributed by atoms with Crippen LogP contribution in [0.4, 0.5) is 5.82 Å². The first-order valence-electron chi connectivity index (χ1n) is 7.76. The first-order chi connectivity index (χ1) is 11.3. The van der Waals surface area contributed by atoms with Crippen LogP contribution >= 0.6 is 0 Å². The van der Waals surface area contributed by atoms with Crippen LogP contribution in [0.3, 0.4) is 0 Å². The van der Waals surface area contributed by atoms with Gasteiger partial charge in [-0.3, -0.25) is 4.79 Å². The number of rotatable bonds is 7. The van der Waals surface area contributed by atoms with E-state index < -0.39 is 0 Å². The van der Waals surface area contributed by atoms with Crippen LogP contribution in [0.25, 0.3) is 0 Å². The summed E-state index contributed by atoms with van der Waals surface area (Å²) in [6.45, 7) is 1.38. The number of anilines is 1. The van der Waals surface area contributed by atoms with E-state index in [2.05, 4.69) is 20.8 Å². The zero-order chi connectivity index (χ0) is 16.1. The zero-order valence-electron chi connectivity index (χ0n) is 13.1. The summed E-state index contributed by atoms with van der Waals surface area (Å²) >= 11 is 0. The minimum Gasteiger partial charge on any atom is -0.493 e. The van der Waals surface area contributed by atoms with Crippen LogP contribution in [0.15, 0.2) is 36.4 Å². The Hall–Kier alpha value is -2.63. The van der Waals surface area contributed by atoms with E-state index in [-0.39, 0.29) is 5.91 Å². The molecule has 2 N–H and O–H groups in total. The highest BCUT2D eigenvalue weighted by Gasteiger charge is 2.22. The average Bonchev–Trinajstić information content (AvgIpc) is 3.43. The molecule has 1 heterocycles. The Labute approximate surface area is 135 Å². The molecule has 1 aliphatic rings. The van der Waals surface area contributed by atoms with E-state index in [1.165, 1.54) is 12.8 Å². The van der Waals surface area contributed by atoms with Gasteiger partial charge in [0.25, 0.3) is 5.91 Å². The number of benzene rings is 1. The second kappa shape index (κ2) is 7.09. The van der Waals surface area contributed by atoms with Gasteiger partial charge in [-0.15, -0.1) is 10.2 Å². The van der Waals surface area contributed by atoms with Gasteiger partial charge in [-0.1, -0.05) is 18.2 Å². The number of hydrogen-bond donors (Lipinski definition) is 2. The Morgan fingerprint density at radius 2 is 2.04 bits per heavy atom. The fraction of sp³-hybridized carbons (Fsp3) is 0.353. The minimum atomic E-state index is -0.247. The number of nitrogens with zero attached hydrogens (tertiary/aromatic N) is 2. The van der Waals surface area contributed by atoms with Gasteiger partial charge in [0, 0.05) is 19.2 Å². The predicted molar refractivity (Wildman–Crippen MR) is 87.4 cm³/mol. The van der Waals surface area contributed by atoms with Crippen LogP contribution in [0.5, 0.6) is 5.75 Å². The second-order valence-corrected chi connectivity index (χ2v) is 5.60. The average molecular weight is 312 g/mol. The highest BCUT2D eigenvalue weighted by atomic mass is 16.5. The van der Waals surface area contributed by atoms with Crippen molar-refractivity contribution >= 4 is 11.7 Å². The van der Waals surface area contributed by atoms with Crippen molar-refractivity contribution in [1.29, 1.82) is 0 Å². The van der Waals surface area contributed by atoms with Gasteiger partial charge in [0.15, 0.2) is 5.69 Å². The van der Waals surface area contributed by atoms with Gasteiger partial charge in [0.2, 0.25) is 0 Å². The molecule has 0 aliphatic heterocycles. The summed E-state index contributed by atoms with van der Waals surface area (Å²) in [5, 5.41) is 13.6. The van der Waals surface area contributed by atoms with Gasteiger partial charge < -0.3 is 15.4 Å². The summed E-state index contributed by atoms with van der Waals surface area (Å²) in [5.41, 5.74) is 1.37. The quantitative estimate of drug-likeness (QED) is 0.820. The molecule has 0 atom stereocenters. The molecular weight excluding hydrogens is 292 g/mol. The van der Waals surface area contributed by atoms with E-state index in [0.717, 1.165) is 23.8 Å². The van der Waals surface area contributed by atoms with Gasteiger partial charge in [0.05, 0.1) is 6.61 Å². The number of carbonyl (C=O) groups excluding carboxylic acids is 1.